The van der Waals surface area contributed by atoms with Gasteiger partial charge in [-0.1, -0.05) is 47.7 Å². The van der Waals surface area contributed by atoms with Gasteiger partial charge in [0, 0.05) is 22.5 Å². The van der Waals surface area contributed by atoms with Gasteiger partial charge in [-0.05, 0) is 32.9 Å². The SMILES string of the molecule is CCOC(=O)C(C(=O)OCC)=C1NC2(c3ccccc3Nc3ccc(C)cc32)C(C(=O)OC)S1. The zero-order valence-corrected chi connectivity index (χ0v) is 20.2. The van der Waals surface area contributed by atoms with Gasteiger partial charge in [0.05, 0.1) is 25.4 Å². The maximum atomic E-state index is 13.2. The second-order valence-electron chi connectivity index (χ2n) is 7.82. The van der Waals surface area contributed by atoms with Crippen LogP contribution in [0.15, 0.2) is 53.1 Å². The van der Waals surface area contributed by atoms with Crippen LogP contribution in [0.3, 0.4) is 0 Å². The van der Waals surface area contributed by atoms with E-state index < -0.39 is 28.7 Å². The molecule has 34 heavy (non-hydrogen) atoms. The van der Waals surface area contributed by atoms with E-state index in [0.717, 1.165) is 39.8 Å². The Morgan fingerprint density at radius 1 is 0.971 bits per heavy atom. The first-order valence-electron chi connectivity index (χ1n) is 11.0. The predicted molar refractivity (Wildman–Crippen MR) is 129 cm³/mol. The molecule has 0 saturated carbocycles. The molecular formula is C25H26N2O6S. The van der Waals surface area contributed by atoms with Crippen LogP contribution in [0, 0.1) is 6.92 Å². The number of fused-ring (bicyclic) bond motifs is 4. The van der Waals surface area contributed by atoms with Crippen molar-refractivity contribution in [3.63, 3.8) is 0 Å². The Morgan fingerprint density at radius 3 is 2.26 bits per heavy atom. The average Bonchev–Trinajstić information content (AvgIpc) is 3.20. The molecule has 2 aliphatic rings. The summed E-state index contributed by atoms with van der Waals surface area (Å²) in [6.07, 6.45) is 0. The van der Waals surface area contributed by atoms with Gasteiger partial charge in [-0.15, -0.1) is 0 Å². The summed E-state index contributed by atoms with van der Waals surface area (Å²) >= 11 is 1.06. The number of ether oxygens (including phenoxy) is 3. The molecule has 1 saturated heterocycles. The highest BCUT2D eigenvalue weighted by Crippen LogP contribution is 2.55. The van der Waals surface area contributed by atoms with Crippen molar-refractivity contribution < 1.29 is 28.6 Å². The topological polar surface area (TPSA) is 103 Å². The van der Waals surface area contributed by atoms with Crippen LogP contribution in [0.4, 0.5) is 11.4 Å². The number of carbonyl (C=O) groups excluding carboxylic acids is 3. The van der Waals surface area contributed by atoms with Crippen molar-refractivity contribution in [1.29, 1.82) is 0 Å². The molecule has 2 atom stereocenters. The van der Waals surface area contributed by atoms with Gasteiger partial charge < -0.3 is 24.8 Å². The fraction of sp³-hybridized carbons (Fsp3) is 0.320. The fourth-order valence-electron chi connectivity index (χ4n) is 4.35. The standard InChI is InChI=1S/C25H26N2O6S/c1-5-32-22(28)19(23(29)33-6-2)21-27-25(20(34-21)24(30)31-4)15-9-7-8-10-17(15)26-18-12-11-14(3)13-16(18)25/h7-13,20,26-27H,5-6H2,1-4H3. The third kappa shape index (κ3) is 3.79. The molecule has 1 spiro atoms. The van der Waals surface area contributed by atoms with Crippen LogP contribution < -0.4 is 10.6 Å². The van der Waals surface area contributed by atoms with Crippen molar-refractivity contribution in [2.45, 2.75) is 31.6 Å². The molecule has 1 fully saturated rings. The van der Waals surface area contributed by atoms with Gasteiger partial charge in [0.2, 0.25) is 0 Å². The van der Waals surface area contributed by atoms with Crippen LogP contribution in [0.25, 0.3) is 0 Å². The summed E-state index contributed by atoms with van der Waals surface area (Å²) < 4.78 is 15.5. The van der Waals surface area contributed by atoms with Crippen molar-refractivity contribution in [1.82, 2.24) is 5.32 Å². The lowest BCUT2D eigenvalue weighted by atomic mass is 9.75. The van der Waals surface area contributed by atoms with E-state index in [0.29, 0.717) is 0 Å². The highest BCUT2D eigenvalue weighted by Gasteiger charge is 2.57. The van der Waals surface area contributed by atoms with Crippen LogP contribution in [0.5, 0.6) is 0 Å². The third-order valence-electron chi connectivity index (χ3n) is 5.76. The second-order valence-corrected chi connectivity index (χ2v) is 8.93. The fourth-order valence-corrected chi connectivity index (χ4v) is 5.77. The average molecular weight is 483 g/mol. The number of carbonyl (C=O) groups is 3. The summed E-state index contributed by atoms with van der Waals surface area (Å²) in [5.74, 6) is -2.13. The molecule has 2 aromatic carbocycles. The molecule has 0 radical (unpaired) electrons. The minimum absolute atomic E-state index is 0.0834. The minimum atomic E-state index is -1.11. The summed E-state index contributed by atoms with van der Waals surface area (Å²) in [7, 11) is 1.32. The van der Waals surface area contributed by atoms with E-state index in [-0.39, 0.29) is 23.8 Å². The molecule has 8 nitrogen and oxygen atoms in total. The number of benzene rings is 2. The van der Waals surface area contributed by atoms with Crippen molar-refractivity contribution in [2.75, 3.05) is 25.6 Å². The van der Waals surface area contributed by atoms with Gasteiger partial charge in [-0.3, -0.25) is 4.79 Å². The van der Waals surface area contributed by atoms with Gasteiger partial charge in [0.15, 0.2) is 5.57 Å². The number of methoxy groups -OCH3 is 1. The minimum Gasteiger partial charge on any atom is -0.468 e. The number of esters is 3. The van der Waals surface area contributed by atoms with Gasteiger partial charge in [0.25, 0.3) is 0 Å². The first-order valence-corrected chi connectivity index (χ1v) is 11.8. The van der Waals surface area contributed by atoms with E-state index in [1.54, 1.807) is 13.8 Å². The summed E-state index contributed by atoms with van der Waals surface area (Å²) in [4.78, 5) is 38.9. The third-order valence-corrected chi connectivity index (χ3v) is 7.09. The number of rotatable bonds is 5. The van der Waals surface area contributed by atoms with E-state index in [4.69, 9.17) is 14.2 Å². The van der Waals surface area contributed by atoms with Crippen molar-refractivity contribution in [2.24, 2.45) is 0 Å². The largest absolute Gasteiger partial charge is 0.468 e. The lowest BCUT2D eigenvalue weighted by Gasteiger charge is -2.41. The van der Waals surface area contributed by atoms with Crippen molar-refractivity contribution in [3.8, 4) is 0 Å². The molecular weight excluding hydrogens is 456 g/mol. The number of thioether (sulfide) groups is 1. The summed E-state index contributed by atoms with van der Waals surface area (Å²) in [6, 6.07) is 13.5. The number of para-hydroxylation sites is 1. The lowest BCUT2D eigenvalue weighted by Crippen LogP contribution is -2.51. The van der Waals surface area contributed by atoms with Crippen molar-refractivity contribution in [3.05, 3.63) is 69.8 Å². The van der Waals surface area contributed by atoms with Crippen LogP contribution in [-0.2, 0) is 34.1 Å². The maximum absolute atomic E-state index is 13.2. The predicted octanol–water partition coefficient (Wildman–Crippen LogP) is 3.51. The van der Waals surface area contributed by atoms with E-state index in [1.165, 1.54) is 7.11 Å². The molecule has 0 aromatic heterocycles. The molecule has 2 heterocycles. The molecule has 2 aromatic rings. The van der Waals surface area contributed by atoms with E-state index in [2.05, 4.69) is 10.6 Å². The highest BCUT2D eigenvalue weighted by atomic mass is 32.2. The van der Waals surface area contributed by atoms with Gasteiger partial charge in [-0.25, -0.2) is 9.59 Å². The van der Waals surface area contributed by atoms with Crippen LogP contribution >= 0.6 is 11.8 Å². The lowest BCUT2D eigenvalue weighted by molar-refractivity contribution is -0.146. The Labute approximate surface area is 202 Å². The maximum Gasteiger partial charge on any atom is 0.348 e. The zero-order chi connectivity index (χ0) is 24.5. The van der Waals surface area contributed by atoms with Gasteiger partial charge in [-0.2, -0.15) is 0 Å². The molecule has 9 heteroatoms. The molecule has 2 N–H and O–H groups in total. The Morgan fingerprint density at radius 2 is 1.62 bits per heavy atom. The molecule has 2 aliphatic heterocycles. The second kappa shape index (κ2) is 9.42. The normalized spacial score (nSPS) is 19.9. The molecule has 2 unspecified atom stereocenters. The Hall–Kier alpha value is -3.46. The summed E-state index contributed by atoms with van der Waals surface area (Å²) in [5.41, 5.74) is 2.81. The highest BCUT2D eigenvalue weighted by molar-refractivity contribution is 8.04. The molecule has 4 rings (SSSR count). The Balaban J connectivity index is 2.01. The number of aryl methyl sites for hydroxylation is 1. The molecule has 0 aliphatic carbocycles. The quantitative estimate of drug-likeness (QED) is 0.218. The molecule has 0 bridgehead atoms. The number of nitrogens with one attached hydrogen (secondary N) is 2. The summed E-state index contributed by atoms with van der Waals surface area (Å²) in [6.45, 7) is 5.44. The molecule has 178 valence electrons. The van der Waals surface area contributed by atoms with Crippen LogP contribution in [0.1, 0.15) is 30.5 Å². The Bertz CT molecular complexity index is 1170. The molecule has 0 amide bonds. The number of hydrogen-bond donors (Lipinski definition) is 2. The van der Waals surface area contributed by atoms with Gasteiger partial charge >= 0.3 is 17.9 Å². The number of anilines is 2. The van der Waals surface area contributed by atoms with Crippen LogP contribution in [-0.4, -0.2) is 43.5 Å². The Kier molecular flexibility index (Phi) is 6.56. The monoisotopic (exact) mass is 482 g/mol. The first-order chi connectivity index (χ1) is 16.4. The van der Waals surface area contributed by atoms with Crippen LogP contribution in [0.2, 0.25) is 0 Å². The number of hydrogen-bond acceptors (Lipinski definition) is 9. The smallest absolute Gasteiger partial charge is 0.348 e. The first kappa shape index (κ1) is 23.7. The van der Waals surface area contributed by atoms with E-state index in [1.807, 2.05) is 49.4 Å². The van der Waals surface area contributed by atoms with Crippen molar-refractivity contribution >= 4 is 41.0 Å². The van der Waals surface area contributed by atoms with E-state index in [9.17, 15) is 14.4 Å². The zero-order valence-electron chi connectivity index (χ0n) is 19.4. The van der Waals surface area contributed by atoms with E-state index >= 15 is 0 Å². The van der Waals surface area contributed by atoms with Gasteiger partial charge in [0.1, 0.15) is 10.8 Å². The summed E-state index contributed by atoms with van der Waals surface area (Å²) in [5, 5.41) is 6.18.